The predicted octanol–water partition coefficient (Wildman–Crippen LogP) is 1.56. The normalized spacial score (nSPS) is 11.4. The van der Waals surface area contributed by atoms with Gasteiger partial charge in [0.15, 0.2) is 0 Å². The van der Waals surface area contributed by atoms with Crippen LogP contribution >= 0.6 is 11.3 Å². The zero-order valence-corrected chi connectivity index (χ0v) is 13.3. The van der Waals surface area contributed by atoms with Gasteiger partial charge in [0.1, 0.15) is 16.5 Å². The Balaban J connectivity index is 2.19. The molecule has 116 valence electrons. The molecule has 0 aromatic carbocycles. The highest BCUT2D eigenvalue weighted by atomic mass is 32.1. The largest absolute Gasteiger partial charge is 0.395 e. The lowest BCUT2D eigenvalue weighted by Gasteiger charge is -2.20. The maximum Gasteiger partial charge on any atom is 0.146 e. The zero-order chi connectivity index (χ0) is 15.1. The highest BCUT2D eigenvalue weighted by Crippen LogP contribution is 2.25. The number of anilines is 1. The van der Waals surface area contributed by atoms with E-state index in [0.29, 0.717) is 19.7 Å². The minimum absolute atomic E-state index is 0.116. The summed E-state index contributed by atoms with van der Waals surface area (Å²) < 4.78 is 5.10. The van der Waals surface area contributed by atoms with Crippen molar-refractivity contribution in [2.45, 2.75) is 13.5 Å². The molecule has 0 amide bonds. The first-order valence-corrected chi connectivity index (χ1v) is 7.96. The van der Waals surface area contributed by atoms with Crippen molar-refractivity contribution in [2.75, 3.05) is 45.3 Å². The van der Waals surface area contributed by atoms with Gasteiger partial charge in [0.25, 0.3) is 0 Å². The molecule has 0 aliphatic rings. The first-order chi connectivity index (χ1) is 10.3. The van der Waals surface area contributed by atoms with Gasteiger partial charge >= 0.3 is 0 Å². The number of rotatable bonds is 9. The van der Waals surface area contributed by atoms with Crippen LogP contribution in [-0.2, 0) is 11.3 Å². The molecule has 0 spiro atoms. The van der Waals surface area contributed by atoms with Gasteiger partial charge in [-0.15, -0.1) is 11.3 Å². The van der Waals surface area contributed by atoms with E-state index >= 15 is 0 Å². The molecular weight excluding hydrogens is 288 g/mol. The minimum atomic E-state index is 0.116. The lowest BCUT2D eigenvalue weighted by molar-refractivity contribution is 0.125. The number of hydrogen-bond acceptors (Lipinski definition) is 7. The van der Waals surface area contributed by atoms with Crippen LogP contribution < -0.4 is 5.32 Å². The number of aliphatic hydroxyl groups excluding tert-OH is 1. The lowest BCUT2D eigenvalue weighted by Crippen LogP contribution is -2.30. The monoisotopic (exact) mass is 310 g/mol. The Bertz CT molecular complexity index is 561. The molecular formula is C14H22N4O2S. The molecule has 0 bridgehead atoms. The number of ether oxygens (including phenoxy) is 1. The molecule has 21 heavy (non-hydrogen) atoms. The molecule has 2 rings (SSSR count). The predicted molar refractivity (Wildman–Crippen MR) is 85.8 cm³/mol. The number of thiophene rings is 1. The van der Waals surface area contributed by atoms with E-state index in [1.807, 2.05) is 11.4 Å². The number of nitrogens with one attached hydrogen (secondary N) is 1. The van der Waals surface area contributed by atoms with E-state index in [1.165, 1.54) is 0 Å². The summed E-state index contributed by atoms with van der Waals surface area (Å²) in [5, 5.41) is 15.5. The number of aromatic nitrogens is 2. The molecule has 0 saturated heterocycles. The van der Waals surface area contributed by atoms with Gasteiger partial charge in [-0.1, -0.05) is 0 Å². The van der Waals surface area contributed by atoms with E-state index in [1.54, 1.807) is 18.4 Å². The molecule has 0 aliphatic carbocycles. The number of aliphatic hydroxyl groups is 1. The van der Waals surface area contributed by atoms with Crippen LogP contribution in [0.4, 0.5) is 5.82 Å². The van der Waals surface area contributed by atoms with Crippen molar-refractivity contribution in [3.8, 4) is 0 Å². The Labute approximate surface area is 128 Å². The second-order valence-electron chi connectivity index (χ2n) is 4.65. The average molecular weight is 310 g/mol. The third kappa shape index (κ3) is 4.34. The van der Waals surface area contributed by atoms with Crippen molar-refractivity contribution in [1.29, 1.82) is 0 Å². The average Bonchev–Trinajstić information content (AvgIpc) is 2.94. The Morgan fingerprint density at radius 3 is 2.95 bits per heavy atom. The Morgan fingerprint density at radius 1 is 1.38 bits per heavy atom. The van der Waals surface area contributed by atoms with Gasteiger partial charge in [-0.25, -0.2) is 9.97 Å². The van der Waals surface area contributed by atoms with Crippen LogP contribution in [0.5, 0.6) is 0 Å². The zero-order valence-electron chi connectivity index (χ0n) is 12.5. The van der Waals surface area contributed by atoms with Crippen molar-refractivity contribution in [2.24, 2.45) is 0 Å². The third-order valence-corrected chi connectivity index (χ3v) is 3.92. The summed E-state index contributed by atoms with van der Waals surface area (Å²) in [5.41, 5.74) is 0. The van der Waals surface area contributed by atoms with Crippen LogP contribution in [0.3, 0.4) is 0 Å². The molecule has 2 aromatic heterocycles. The van der Waals surface area contributed by atoms with Gasteiger partial charge in [-0.3, -0.25) is 4.90 Å². The van der Waals surface area contributed by atoms with Gasteiger partial charge in [-0.2, -0.15) is 0 Å². The van der Waals surface area contributed by atoms with E-state index < -0.39 is 0 Å². The maximum atomic E-state index is 9.16. The molecule has 0 aliphatic heterocycles. The summed E-state index contributed by atoms with van der Waals surface area (Å²) in [6, 6.07) is 2.04. The molecule has 7 heteroatoms. The van der Waals surface area contributed by atoms with E-state index in [2.05, 4.69) is 27.1 Å². The van der Waals surface area contributed by atoms with Crippen molar-refractivity contribution >= 4 is 27.4 Å². The quantitative estimate of drug-likeness (QED) is 0.732. The molecule has 0 radical (unpaired) electrons. The van der Waals surface area contributed by atoms with E-state index in [9.17, 15) is 0 Å². The second-order valence-corrected chi connectivity index (χ2v) is 5.55. The fourth-order valence-electron chi connectivity index (χ4n) is 2.10. The Hall–Kier alpha value is -1.28. The second kappa shape index (κ2) is 8.23. The van der Waals surface area contributed by atoms with E-state index in [-0.39, 0.29) is 6.61 Å². The van der Waals surface area contributed by atoms with Gasteiger partial charge in [0.05, 0.1) is 25.1 Å². The van der Waals surface area contributed by atoms with Crippen LogP contribution in [0.1, 0.15) is 12.7 Å². The molecule has 2 aromatic rings. The Morgan fingerprint density at radius 2 is 2.24 bits per heavy atom. The standard InChI is InChI=1S/C14H22N4O2S/c1-3-15-13-11-4-9-21-14(11)17-12(16-13)10-18(5-7-19)6-8-20-2/h4,9,19H,3,5-8,10H2,1-2H3,(H,15,16,17). The van der Waals surface area contributed by atoms with E-state index in [0.717, 1.165) is 34.9 Å². The molecule has 2 N–H and O–H groups in total. The van der Waals surface area contributed by atoms with Crippen LogP contribution in [0.25, 0.3) is 10.2 Å². The summed E-state index contributed by atoms with van der Waals surface area (Å²) in [4.78, 5) is 12.3. The lowest BCUT2D eigenvalue weighted by atomic mass is 10.3. The maximum absolute atomic E-state index is 9.16. The SMILES string of the molecule is CCNc1nc(CN(CCO)CCOC)nc2sccc12. The topological polar surface area (TPSA) is 70.5 Å². The fraction of sp³-hybridized carbons (Fsp3) is 0.571. The fourth-order valence-corrected chi connectivity index (χ4v) is 2.89. The number of fused-ring (bicyclic) bond motifs is 1. The van der Waals surface area contributed by atoms with Crippen molar-refractivity contribution in [3.63, 3.8) is 0 Å². The molecule has 0 fully saturated rings. The molecule has 0 atom stereocenters. The first kappa shape index (κ1) is 16.1. The highest BCUT2D eigenvalue weighted by molar-refractivity contribution is 7.16. The van der Waals surface area contributed by atoms with Crippen molar-refractivity contribution in [3.05, 3.63) is 17.3 Å². The van der Waals surface area contributed by atoms with Gasteiger partial charge in [0.2, 0.25) is 0 Å². The summed E-state index contributed by atoms with van der Waals surface area (Å²) in [6.07, 6.45) is 0. The highest BCUT2D eigenvalue weighted by Gasteiger charge is 2.12. The third-order valence-electron chi connectivity index (χ3n) is 3.11. The van der Waals surface area contributed by atoms with Gasteiger partial charge < -0.3 is 15.2 Å². The van der Waals surface area contributed by atoms with Gasteiger partial charge in [-0.05, 0) is 18.4 Å². The molecule has 0 unspecified atom stereocenters. The number of methoxy groups -OCH3 is 1. The van der Waals surface area contributed by atoms with Crippen LogP contribution in [-0.4, -0.2) is 59.9 Å². The Kier molecular flexibility index (Phi) is 6.31. The van der Waals surface area contributed by atoms with Crippen LogP contribution in [0.15, 0.2) is 11.4 Å². The van der Waals surface area contributed by atoms with Crippen LogP contribution in [0, 0.1) is 0 Å². The molecule has 6 nitrogen and oxygen atoms in total. The van der Waals surface area contributed by atoms with Gasteiger partial charge in [0, 0.05) is 26.7 Å². The smallest absolute Gasteiger partial charge is 0.146 e. The minimum Gasteiger partial charge on any atom is -0.395 e. The van der Waals surface area contributed by atoms with Crippen molar-refractivity contribution in [1.82, 2.24) is 14.9 Å². The summed E-state index contributed by atoms with van der Waals surface area (Å²) in [7, 11) is 1.68. The number of nitrogens with zero attached hydrogens (tertiary/aromatic N) is 3. The summed E-state index contributed by atoms with van der Waals surface area (Å²) in [6.45, 7) is 5.57. The van der Waals surface area contributed by atoms with Crippen molar-refractivity contribution < 1.29 is 9.84 Å². The van der Waals surface area contributed by atoms with Crippen LogP contribution in [0.2, 0.25) is 0 Å². The first-order valence-electron chi connectivity index (χ1n) is 7.08. The molecule has 2 heterocycles. The summed E-state index contributed by atoms with van der Waals surface area (Å²) >= 11 is 1.62. The van der Waals surface area contributed by atoms with E-state index in [4.69, 9.17) is 9.84 Å². The molecule has 0 saturated carbocycles. The number of hydrogen-bond donors (Lipinski definition) is 2. The summed E-state index contributed by atoms with van der Waals surface area (Å²) in [5.74, 6) is 1.65.